The summed E-state index contributed by atoms with van der Waals surface area (Å²) in [6.45, 7) is 11.6. The molecule has 0 radical (unpaired) electrons. The second-order valence-electron chi connectivity index (χ2n) is 10.1. The fraction of sp³-hybridized carbons (Fsp3) is 0.485. The largest absolute Gasteiger partial charge is 0.508 e. The number of hydrogen-bond acceptors (Lipinski definition) is 4. The molecule has 0 aliphatic heterocycles. The van der Waals surface area contributed by atoms with Gasteiger partial charge in [-0.2, -0.15) is 0 Å². The molecule has 1 atom stereocenters. The third-order valence-electron chi connectivity index (χ3n) is 6.68. The predicted octanol–water partition coefficient (Wildman–Crippen LogP) is 8.41. The van der Waals surface area contributed by atoms with Gasteiger partial charge in [-0.15, -0.1) is 6.58 Å². The Morgan fingerprint density at radius 2 is 1.62 bits per heavy atom. The number of ketones is 3. The van der Waals surface area contributed by atoms with Gasteiger partial charge in [0.05, 0.1) is 0 Å². The number of phenolic OH excluding ortho intramolecular Hbond substituents is 1. The first-order valence-electron chi connectivity index (χ1n) is 13.6. The van der Waals surface area contributed by atoms with E-state index in [9.17, 15) is 19.5 Å². The van der Waals surface area contributed by atoms with Gasteiger partial charge in [0.2, 0.25) is 0 Å². The normalized spacial score (nSPS) is 12.1. The van der Waals surface area contributed by atoms with E-state index in [0.29, 0.717) is 38.5 Å². The lowest BCUT2D eigenvalue weighted by atomic mass is 9.71. The maximum absolute atomic E-state index is 13.1. The minimum absolute atomic E-state index is 0. The molecule has 2 aromatic carbocycles. The van der Waals surface area contributed by atoms with Crippen LogP contribution in [-0.4, -0.2) is 22.5 Å². The Morgan fingerprint density at radius 3 is 2.19 bits per heavy atom. The molecule has 1 unspecified atom stereocenters. The average molecular weight is 511 g/mol. The number of carbonyl (C=O) groups is 3. The van der Waals surface area contributed by atoms with Crippen LogP contribution in [0.15, 0.2) is 61.2 Å². The van der Waals surface area contributed by atoms with Gasteiger partial charge in [-0.25, -0.2) is 0 Å². The Morgan fingerprint density at radius 1 is 0.946 bits per heavy atom. The van der Waals surface area contributed by atoms with E-state index >= 15 is 0 Å². The van der Waals surface area contributed by atoms with E-state index in [-0.39, 0.29) is 26.0 Å². The zero-order valence-corrected chi connectivity index (χ0v) is 23.4. The zero-order chi connectivity index (χ0) is 27.7. The summed E-state index contributed by atoms with van der Waals surface area (Å²) in [5.41, 5.74) is 2.72. The SMILES string of the molecule is C=CCC(CCC)(CCCC(=O)CCC)C(=O)CCc1ccccc1O.CC(=O)Cc1ccc(C)cc1.[HH].[HH]. The molecular formula is C33H50O4. The van der Waals surface area contributed by atoms with E-state index in [1.54, 1.807) is 19.1 Å². The van der Waals surface area contributed by atoms with Gasteiger partial charge in [0.15, 0.2) is 0 Å². The minimum Gasteiger partial charge on any atom is -0.508 e. The molecule has 0 fully saturated rings. The van der Waals surface area contributed by atoms with Crippen LogP contribution in [0, 0.1) is 12.3 Å². The lowest BCUT2D eigenvalue weighted by molar-refractivity contribution is -0.130. The van der Waals surface area contributed by atoms with Gasteiger partial charge < -0.3 is 5.11 Å². The molecule has 4 heteroatoms. The maximum atomic E-state index is 13.1. The zero-order valence-electron chi connectivity index (χ0n) is 23.4. The highest BCUT2D eigenvalue weighted by molar-refractivity contribution is 5.85. The molecule has 206 valence electrons. The molecule has 0 aliphatic carbocycles. The van der Waals surface area contributed by atoms with Crippen LogP contribution in [0.5, 0.6) is 5.75 Å². The van der Waals surface area contributed by atoms with Crippen molar-refractivity contribution in [2.75, 3.05) is 0 Å². The van der Waals surface area contributed by atoms with Crippen LogP contribution in [0.25, 0.3) is 0 Å². The van der Waals surface area contributed by atoms with E-state index in [2.05, 4.69) is 13.5 Å². The van der Waals surface area contributed by atoms with Crippen molar-refractivity contribution in [1.29, 1.82) is 0 Å². The fourth-order valence-corrected chi connectivity index (χ4v) is 4.73. The molecule has 2 rings (SSSR count). The molecular weight excluding hydrogens is 460 g/mol. The highest BCUT2D eigenvalue weighted by atomic mass is 16.3. The summed E-state index contributed by atoms with van der Waals surface area (Å²) in [5.74, 6) is 0.979. The maximum Gasteiger partial charge on any atom is 0.139 e. The second kappa shape index (κ2) is 17.4. The monoisotopic (exact) mass is 510 g/mol. The number of rotatable bonds is 16. The van der Waals surface area contributed by atoms with Gasteiger partial charge in [0.25, 0.3) is 0 Å². The summed E-state index contributed by atoms with van der Waals surface area (Å²) in [5, 5.41) is 9.92. The molecule has 0 bridgehead atoms. The first-order valence-corrected chi connectivity index (χ1v) is 13.6. The Hall–Kier alpha value is -3.01. The minimum atomic E-state index is -0.423. The molecule has 0 aromatic heterocycles. The molecule has 0 amide bonds. The van der Waals surface area contributed by atoms with E-state index in [1.165, 1.54) is 5.56 Å². The van der Waals surface area contributed by atoms with Crippen molar-refractivity contribution in [3.8, 4) is 5.75 Å². The summed E-state index contributed by atoms with van der Waals surface area (Å²) in [7, 11) is 0. The van der Waals surface area contributed by atoms with Crippen LogP contribution in [-0.2, 0) is 27.2 Å². The Balaban J connectivity index is 0. The van der Waals surface area contributed by atoms with Gasteiger partial charge in [0, 0.05) is 34.0 Å². The fourth-order valence-electron chi connectivity index (χ4n) is 4.73. The number of carbonyl (C=O) groups excluding carboxylic acids is 3. The quantitative estimate of drug-likeness (QED) is 0.230. The van der Waals surface area contributed by atoms with E-state index in [1.807, 2.05) is 56.3 Å². The number of allylic oxidation sites excluding steroid dienone is 1. The standard InChI is InChI=1S/C23H34O3.C10H12O.2H2/c1-4-10-20(24)12-9-18-23(16-5-2,17-6-3)22(26)15-14-19-11-7-8-13-21(19)25;1-8-3-5-10(6-4-8)7-9(2)11;;/h5,7-8,11,13,25H,2,4,6,9-10,12,14-18H2,1,3H3;3-6H,7H2,1-2H3;2*1H. The number of aromatic hydroxyl groups is 1. The first kappa shape index (κ1) is 32.0. The van der Waals surface area contributed by atoms with Crippen molar-refractivity contribution in [2.45, 2.75) is 98.3 Å². The number of aryl methyl sites for hydroxylation is 2. The number of Topliss-reactive ketones (excluding diaryl/α,β-unsaturated/α-hetero) is 3. The van der Waals surface area contributed by atoms with Crippen LogP contribution in [0.1, 0.15) is 98.1 Å². The van der Waals surface area contributed by atoms with Crippen LogP contribution in [0.3, 0.4) is 0 Å². The first-order chi connectivity index (χ1) is 17.7. The summed E-state index contributed by atoms with van der Waals surface area (Å²) in [4.78, 5) is 35.6. The molecule has 4 nitrogen and oxygen atoms in total. The number of phenols is 1. The molecule has 37 heavy (non-hydrogen) atoms. The lowest BCUT2D eigenvalue weighted by Gasteiger charge is -2.31. The van der Waals surface area contributed by atoms with Gasteiger partial charge in [-0.05, 0) is 69.6 Å². The predicted molar refractivity (Wildman–Crippen MR) is 157 cm³/mol. The van der Waals surface area contributed by atoms with Crippen molar-refractivity contribution in [3.05, 3.63) is 77.9 Å². The highest BCUT2D eigenvalue weighted by Crippen LogP contribution is 2.37. The summed E-state index contributed by atoms with van der Waals surface area (Å²) < 4.78 is 0. The molecule has 0 saturated carbocycles. The number of hydrogen-bond donors (Lipinski definition) is 1. The van der Waals surface area contributed by atoms with Crippen molar-refractivity contribution < 1.29 is 22.3 Å². The highest BCUT2D eigenvalue weighted by Gasteiger charge is 2.35. The molecule has 0 aliphatic rings. The van der Waals surface area contributed by atoms with Crippen molar-refractivity contribution in [1.82, 2.24) is 0 Å². The lowest BCUT2D eigenvalue weighted by Crippen LogP contribution is -2.31. The molecule has 2 aromatic rings. The summed E-state index contributed by atoms with van der Waals surface area (Å²) in [6.07, 6.45) is 9.32. The van der Waals surface area contributed by atoms with Crippen molar-refractivity contribution in [2.24, 2.45) is 5.41 Å². The van der Waals surface area contributed by atoms with Crippen LogP contribution in [0.2, 0.25) is 0 Å². The van der Waals surface area contributed by atoms with Gasteiger partial charge in [-0.1, -0.05) is 74.4 Å². The number of benzene rings is 2. The summed E-state index contributed by atoms with van der Waals surface area (Å²) >= 11 is 0. The Kier molecular flexibility index (Phi) is 15.1. The number of para-hydroxylation sites is 1. The van der Waals surface area contributed by atoms with Gasteiger partial charge in [0.1, 0.15) is 23.1 Å². The molecule has 0 spiro atoms. The van der Waals surface area contributed by atoms with E-state index in [0.717, 1.165) is 43.2 Å². The van der Waals surface area contributed by atoms with E-state index < -0.39 is 5.41 Å². The van der Waals surface area contributed by atoms with E-state index in [4.69, 9.17) is 0 Å². The second-order valence-corrected chi connectivity index (χ2v) is 10.1. The smallest absolute Gasteiger partial charge is 0.139 e. The van der Waals surface area contributed by atoms with Crippen LogP contribution >= 0.6 is 0 Å². The third kappa shape index (κ3) is 12.2. The van der Waals surface area contributed by atoms with Crippen molar-refractivity contribution in [3.63, 3.8) is 0 Å². The molecule has 0 saturated heterocycles. The van der Waals surface area contributed by atoms with Gasteiger partial charge in [-0.3, -0.25) is 14.4 Å². The Labute approximate surface area is 227 Å². The van der Waals surface area contributed by atoms with Gasteiger partial charge >= 0.3 is 0 Å². The topological polar surface area (TPSA) is 71.4 Å². The Bertz CT molecular complexity index is 1000. The van der Waals surface area contributed by atoms with Crippen LogP contribution in [0.4, 0.5) is 0 Å². The van der Waals surface area contributed by atoms with Crippen molar-refractivity contribution >= 4 is 17.3 Å². The third-order valence-corrected chi connectivity index (χ3v) is 6.68. The van der Waals surface area contributed by atoms with Crippen LogP contribution < -0.4 is 0 Å². The molecule has 1 N–H and O–H groups in total. The average Bonchev–Trinajstić information content (AvgIpc) is 2.85. The summed E-state index contributed by atoms with van der Waals surface area (Å²) in [6, 6.07) is 15.2. The molecule has 0 heterocycles.